The molecular weight excluding hydrogens is 350 g/mol. The molecule has 0 spiro atoms. The van der Waals surface area contributed by atoms with Crippen LogP contribution in [0.4, 0.5) is 4.79 Å². The SMILES string of the molecule is [C-]#[N+]/C(C#N)=C(/NCC(=O)OCC)N1CCC[C@@H](NC(=O)OC(C)(C)C)C1. The molecule has 2 N–H and O–H groups in total. The van der Waals surface area contributed by atoms with E-state index in [1.54, 1.807) is 32.6 Å². The smallest absolute Gasteiger partial charge is 0.407 e. The van der Waals surface area contributed by atoms with Gasteiger partial charge in [0.25, 0.3) is 5.70 Å². The second-order valence-corrected chi connectivity index (χ2v) is 7.01. The van der Waals surface area contributed by atoms with Crippen LogP contribution in [0, 0.1) is 17.9 Å². The average molecular weight is 377 g/mol. The van der Waals surface area contributed by atoms with Gasteiger partial charge in [-0.1, -0.05) is 0 Å². The summed E-state index contributed by atoms with van der Waals surface area (Å²) in [7, 11) is 0. The number of alkyl carbamates (subject to hydrolysis) is 1. The molecule has 0 aromatic rings. The molecule has 1 aliphatic heterocycles. The molecule has 0 radical (unpaired) electrons. The topological polar surface area (TPSA) is 108 Å². The van der Waals surface area contributed by atoms with E-state index in [1.165, 1.54) is 0 Å². The number of nitrogens with zero attached hydrogens (tertiary/aromatic N) is 3. The highest BCUT2D eigenvalue weighted by Crippen LogP contribution is 2.18. The molecule has 1 aliphatic rings. The highest BCUT2D eigenvalue weighted by Gasteiger charge is 2.27. The van der Waals surface area contributed by atoms with Gasteiger partial charge in [-0.15, -0.1) is 0 Å². The van der Waals surface area contributed by atoms with Crippen LogP contribution in [-0.2, 0) is 14.3 Å². The van der Waals surface area contributed by atoms with E-state index in [-0.39, 0.29) is 30.7 Å². The minimum Gasteiger partial charge on any atom is -0.465 e. The van der Waals surface area contributed by atoms with Crippen molar-refractivity contribution in [3.05, 3.63) is 22.9 Å². The summed E-state index contributed by atoms with van der Waals surface area (Å²) < 4.78 is 10.1. The first-order valence-corrected chi connectivity index (χ1v) is 8.86. The predicted octanol–water partition coefficient (Wildman–Crippen LogP) is 1.74. The van der Waals surface area contributed by atoms with Gasteiger partial charge >= 0.3 is 12.1 Å². The fourth-order valence-electron chi connectivity index (χ4n) is 2.62. The minimum atomic E-state index is -0.594. The van der Waals surface area contributed by atoms with Crippen LogP contribution in [0.25, 0.3) is 4.85 Å². The minimum absolute atomic E-state index is 0.141. The molecule has 1 rings (SSSR count). The van der Waals surface area contributed by atoms with Crippen LogP contribution in [0.15, 0.2) is 11.5 Å². The lowest BCUT2D eigenvalue weighted by Gasteiger charge is -2.36. The van der Waals surface area contributed by atoms with Gasteiger partial charge in [-0.25, -0.2) is 14.9 Å². The zero-order chi connectivity index (χ0) is 20.4. The predicted molar refractivity (Wildman–Crippen MR) is 97.8 cm³/mol. The van der Waals surface area contributed by atoms with Crippen molar-refractivity contribution in [3.8, 4) is 6.07 Å². The number of nitriles is 1. The van der Waals surface area contributed by atoms with Crippen molar-refractivity contribution in [1.82, 2.24) is 15.5 Å². The lowest BCUT2D eigenvalue weighted by molar-refractivity contribution is -0.141. The molecule has 1 atom stereocenters. The van der Waals surface area contributed by atoms with Gasteiger partial charge in [-0.2, -0.15) is 0 Å². The van der Waals surface area contributed by atoms with Crippen LogP contribution >= 0.6 is 0 Å². The first kappa shape index (κ1) is 22.1. The standard InChI is InChI=1S/C18H27N5O4/c1-6-26-15(24)11-21-16(14(10-19)20-5)23-9-7-8-13(12-23)22-17(25)27-18(2,3)4/h13,21H,6-9,11-12H2,1-4H3,(H,22,25)/b16-14-/t13-/m1/s1. The van der Waals surface area contributed by atoms with Crippen molar-refractivity contribution < 1.29 is 19.1 Å². The summed E-state index contributed by atoms with van der Waals surface area (Å²) in [5, 5.41) is 14.9. The molecule has 0 unspecified atom stereocenters. The summed E-state index contributed by atoms with van der Waals surface area (Å²) >= 11 is 0. The molecule has 9 nitrogen and oxygen atoms in total. The molecule has 0 saturated carbocycles. The number of nitrogens with one attached hydrogen (secondary N) is 2. The van der Waals surface area contributed by atoms with Crippen molar-refractivity contribution in [2.45, 2.75) is 52.2 Å². The number of ether oxygens (including phenoxy) is 2. The van der Waals surface area contributed by atoms with E-state index >= 15 is 0 Å². The summed E-state index contributed by atoms with van der Waals surface area (Å²) in [6, 6.07) is 1.65. The number of piperidine rings is 1. The molecule has 1 fully saturated rings. The van der Waals surface area contributed by atoms with Gasteiger partial charge in [0.1, 0.15) is 18.0 Å². The molecule has 0 aromatic heterocycles. The van der Waals surface area contributed by atoms with Crippen LogP contribution in [-0.4, -0.2) is 54.8 Å². The van der Waals surface area contributed by atoms with Crippen molar-refractivity contribution in [1.29, 1.82) is 5.26 Å². The van der Waals surface area contributed by atoms with Gasteiger partial charge in [-0.3, -0.25) is 4.79 Å². The highest BCUT2D eigenvalue weighted by molar-refractivity contribution is 5.72. The molecule has 0 bridgehead atoms. The van der Waals surface area contributed by atoms with Gasteiger partial charge < -0.3 is 25.0 Å². The monoisotopic (exact) mass is 377 g/mol. The van der Waals surface area contributed by atoms with Crippen LogP contribution in [0.2, 0.25) is 0 Å². The number of carbonyl (C=O) groups is 2. The van der Waals surface area contributed by atoms with Crippen molar-refractivity contribution >= 4 is 12.1 Å². The molecule has 148 valence electrons. The summed E-state index contributed by atoms with van der Waals surface area (Å²) in [5.74, 6) is -0.200. The Morgan fingerprint density at radius 2 is 2.11 bits per heavy atom. The maximum Gasteiger partial charge on any atom is 0.407 e. The molecule has 27 heavy (non-hydrogen) atoms. The number of carbonyl (C=O) groups excluding carboxylic acids is 2. The van der Waals surface area contributed by atoms with Crippen LogP contribution in [0.5, 0.6) is 0 Å². The first-order chi connectivity index (χ1) is 12.7. The normalized spacial score (nSPS) is 17.7. The van der Waals surface area contributed by atoms with Gasteiger partial charge in [0, 0.05) is 19.1 Å². The zero-order valence-corrected chi connectivity index (χ0v) is 16.3. The fraction of sp³-hybridized carbons (Fsp3) is 0.667. The van der Waals surface area contributed by atoms with E-state index in [2.05, 4.69) is 15.5 Å². The first-order valence-electron chi connectivity index (χ1n) is 8.86. The van der Waals surface area contributed by atoms with Crippen LogP contribution < -0.4 is 10.6 Å². The van der Waals surface area contributed by atoms with Gasteiger partial charge in [0.15, 0.2) is 0 Å². The fourth-order valence-corrected chi connectivity index (χ4v) is 2.62. The Kier molecular flexibility index (Phi) is 8.40. The Balaban J connectivity index is 2.83. The number of likely N-dealkylation sites (tertiary alicyclic amines) is 1. The number of hydrogen-bond donors (Lipinski definition) is 2. The lowest BCUT2D eigenvalue weighted by atomic mass is 10.1. The number of rotatable bonds is 6. The van der Waals surface area contributed by atoms with Crippen LogP contribution in [0.3, 0.4) is 0 Å². The maximum atomic E-state index is 12.0. The molecule has 0 aliphatic carbocycles. The second kappa shape index (κ2) is 10.3. The van der Waals surface area contributed by atoms with E-state index in [4.69, 9.17) is 16.0 Å². The molecule has 1 saturated heterocycles. The number of amides is 1. The number of allylic oxidation sites excluding steroid dienone is 1. The lowest BCUT2D eigenvalue weighted by Crippen LogP contribution is -2.50. The Bertz CT molecular complexity index is 638. The number of hydrogen-bond acceptors (Lipinski definition) is 7. The molecule has 1 amide bonds. The third kappa shape index (κ3) is 7.87. The molecule has 1 heterocycles. The largest absolute Gasteiger partial charge is 0.465 e. The third-order valence-corrected chi connectivity index (χ3v) is 3.61. The highest BCUT2D eigenvalue weighted by atomic mass is 16.6. The quantitative estimate of drug-likeness (QED) is 0.412. The van der Waals surface area contributed by atoms with E-state index in [0.717, 1.165) is 12.8 Å². The summed E-state index contributed by atoms with van der Waals surface area (Å²) in [6.45, 7) is 15.4. The zero-order valence-electron chi connectivity index (χ0n) is 16.3. The van der Waals surface area contributed by atoms with E-state index in [0.29, 0.717) is 13.1 Å². The van der Waals surface area contributed by atoms with E-state index in [9.17, 15) is 14.9 Å². The van der Waals surface area contributed by atoms with Gasteiger partial charge in [0.05, 0.1) is 19.2 Å². The number of esters is 1. The maximum absolute atomic E-state index is 12.0. The molecular formula is C18H27N5O4. The third-order valence-electron chi connectivity index (χ3n) is 3.61. The summed E-state index contributed by atoms with van der Waals surface area (Å²) in [6.07, 6.45) is 0.993. The Morgan fingerprint density at radius 1 is 1.41 bits per heavy atom. The second-order valence-electron chi connectivity index (χ2n) is 7.01. The van der Waals surface area contributed by atoms with Crippen molar-refractivity contribution in [3.63, 3.8) is 0 Å². The van der Waals surface area contributed by atoms with Crippen LogP contribution in [0.1, 0.15) is 40.5 Å². The Hall–Kier alpha value is -2.94. The Labute approximate surface area is 160 Å². The van der Waals surface area contributed by atoms with Crippen molar-refractivity contribution in [2.75, 3.05) is 26.2 Å². The molecule has 9 heteroatoms. The van der Waals surface area contributed by atoms with Gasteiger partial charge in [0.2, 0.25) is 0 Å². The van der Waals surface area contributed by atoms with Crippen molar-refractivity contribution in [2.24, 2.45) is 0 Å². The van der Waals surface area contributed by atoms with E-state index < -0.39 is 17.7 Å². The summed E-state index contributed by atoms with van der Waals surface area (Å²) in [5.41, 5.74) is -0.736. The van der Waals surface area contributed by atoms with E-state index in [1.807, 2.05) is 6.07 Å². The van der Waals surface area contributed by atoms with Gasteiger partial charge in [-0.05, 0) is 40.5 Å². The molecule has 0 aromatic carbocycles. The summed E-state index contributed by atoms with van der Waals surface area (Å²) in [4.78, 5) is 28.6. The Morgan fingerprint density at radius 3 is 2.67 bits per heavy atom. The average Bonchev–Trinajstić information content (AvgIpc) is 2.57.